The van der Waals surface area contributed by atoms with Crippen molar-refractivity contribution in [2.75, 3.05) is 0 Å². The molecule has 2 aromatic rings. The number of imidazole rings is 1. The van der Waals surface area contributed by atoms with E-state index in [0.29, 0.717) is 24.5 Å². The van der Waals surface area contributed by atoms with Gasteiger partial charge in [0.2, 0.25) is 0 Å². The smallest absolute Gasteiger partial charge is 0.324 e. The molecule has 0 unspecified atom stereocenters. The largest absolute Gasteiger partial charge is 0.406 e. The molecule has 0 N–H and O–H groups in total. The van der Waals surface area contributed by atoms with Crippen LogP contribution in [0.4, 0.5) is 13.2 Å². The monoisotopic (exact) mass is 287 g/mol. The van der Waals surface area contributed by atoms with E-state index < -0.39 is 12.7 Å². The Hall–Kier alpha value is -1.86. The molecule has 0 fully saturated rings. The van der Waals surface area contributed by atoms with E-state index in [1.54, 1.807) is 4.68 Å². The van der Waals surface area contributed by atoms with Crippen molar-refractivity contribution in [2.24, 2.45) is 0 Å². The molecular formula is C12H16F3N5. The van der Waals surface area contributed by atoms with E-state index >= 15 is 0 Å². The molecule has 0 aliphatic heterocycles. The molecule has 8 heteroatoms. The van der Waals surface area contributed by atoms with E-state index in [2.05, 4.69) is 15.1 Å². The first-order chi connectivity index (χ1) is 9.43. The maximum absolute atomic E-state index is 12.5. The van der Waals surface area contributed by atoms with E-state index in [9.17, 15) is 13.2 Å². The van der Waals surface area contributed by atoms with E-state index in [-0.39, 0.29) is 6.54 Å². The second-order valence-electron chi connectivity index (χ2n) is 4.40. The Kier molecular flexibility index (Phi) is 4.10. The van der Waals surface area contributed by atoms with Crippen molar-refractivity contribution in [1.29, 1.82) is 0 Å². The highest BCUT2D eigenvalue weighted by molar-refractivity contribution is 4.99. The first-order valence-corrected chi connectivity index (χ1v) is 6.42. The van der Waals surface area contributed by atoms with Crippen LogP contribution < -0.4 is 0 Å². The Morgan fingerprint density at radius 1 is 1.15 bits per heavy atom. The summed E-state index contributed by atoms with van der Waals surface area (Å²) in [5.74, 6) is 1.77. The molecule has 0 radical (unpaired) electrons. The topological polar surface area (TPSA) is 48.5 Å². The average Bonchev–Trinajstić information content (AvgIpc) is 2.95. The highest BCUT2D eigenvalue weighted by Crippen LogP contribution is 2.18. The predicted octanol–water partition coefficient (Wildman–Crippen LogP) is 2.21. The van der Waals surface area contributed by atoms with Gasteiger partial charge in [-0.05, 0) is 0 Å². The molecule has 0 spiro atoms. The van der Waals surface area contributed by atoms with Gasteiger partial charge in [-0.25, -0.2) is 14.6 Å². The van der Waals surface area contributed by atoms with Gasteiger partial charge in [-0.3, -0.25) is 0 Å². The van der Waals surface area contributed by atoms with Crippen molar-refractivity contribution in [3.05, 3.63) is 29.9 Å². The van der Waals surface area contributed by atoms with Crippen molar-refractivity contribution >= 4 is 0 Å². The lowest BCUT2D eigenvalue weighted by molar-refractivity contribution is -0.141. The van der Waals surface area contributed by atoms with Crippen LogP contribution in [-0.2, 0) is 25.9 Å². The standard InChI is InChI=1S/C12H16F3N5/c1-3-9-17-10(4-2)20(18-9)7-11-16-5-6-19(11)8-12(13,14)15/h5-6H,3-4,7-8H2,1-2H3. The maximum Gasteiger partial charge on any atom is 0.406 e. The Labute approximate surface area is 114 Å². The summed E-state index contributed by atoms with van der Waals surface area (Å²) in [5, 5.41) is 4.28. The maximum atomic E-state index is 12.5. The number of alkyl halides is 3. The summed E-state index contributed by atoms with van der Waals surface area (Å²) >= 11 is 0. The van der Waals surface area contributed by atoms with Crippen molar-refractivity contribution in [2.45, 2.75) is 46.0 Å². The van der Waals surface area contributed by atoms with Crippen LogP contribution in [0.5, 0.6) is 0 Å². The summed E-state index contributed by atoms with van der Waals surface area (Å²) in [6, 6.07) is 0. The van der Waals surface area contributed by atoms with E-state index in [0.717, 1.165) is 10.4 Å². The summed E-state index contributed by atoms with van der Waals surface area (Å²) in [6.45, 7) is 3.02. The SMILES string of the molecule is CCc1nc(CC)n(Cc2nccn2CC(F)(F)F)n1. The molecule has 0 bridgehead atoms. The molecule has 5 nitrogen and oxygen atoms in total. The molecule has 2 rings (SSSR count). The van der Waals surface area contributed by atoms with Gasteiger partial charge in [0.25, 0.3) is 0 Å². The molecule has 20 heavy (non-hydrogen) atoms. The summed E-state index contributed by atoms with van der Waals surface area (Å²) in [5.41, 5.74) is 0. The van der Waals surface area contributed by atoms with Crippen LogP contribution in [0.1, 0.15) is 31.3 Å². The third-order valence-corrected chi connectivity index (χ3v) is 2.87. The van der Waals surface area contributed by atoms with Crippen LogP contribution in [0.2, 0.25) is 0 Å². The van der Waals surface area contributed by atoms with Gasteiger partial charge in [-0.1, -0.05) is 13.8 Å². The molecule has 2 heterocycles. The minimum Gasteiger partial charge on any atom is -0.324 e. The first-order valence-electron chi connectivity index (χ1n) is 6.42. The third kappa shape index (κ3) is 3.37. The molecule has 0 saturated carbocycles. The number of halogens is 3. The predicted molar refractivity (Wildman–Crippen MR) is 66.2 cm³/mol. The van der Waals surface area contributed by atoms with Crippen molar-refractivity contribution in [1.82, 2.24) is 24.3 Å². The minimum absolute atomic E-state index is 0.194. The molecule has 0 saturated heterocycles. The second kappa shape index (κ2) is 5.64. The average molecular weight is 287 g/mol. The summed E-state index contributed by atoms with van der Waals surface area (Å²) in [4.78, 5) is 8.31. The quantitative estimate of drug-likeness (QED) is 0.847. The fourth-order valence-corrected chi connectivity index (χ4v) is 1.93. The first kappa shape index (κ1) is 14.5. The lowest BCUT2D eigenvalue weighted by Gasteiger charge is -2.11. The number of aryl methyl sites for hydroxylation is 2. The molecule has 0 aromatic carbocycles. The van der Waals surface area contributed by atoms with Gasteiger partial charge >= 0.3 is 6.18 Å². The summed E-state index contributed by atoms with van der Waals surface area (Å²) in [6.07, 6.45) is -0.208. The lowest BCUT2D eigenvalue weighted by atomic mass is 10.4. The highest BCUT2D eigenvalue weighted by atomic mass is 19.4. The van der Waals surface area contributed by atoms with Gasteiger partial charge in [0.05, 0.1) is 0 Å². The number of nitrogens with zero attached hydrogens (tertiary/aromatic N) is 5. The normalized spacial score (nSPS) is 12.1. The van der Waals surface area contributed by atoms with Crippen LogP contribution in [0.3, 0.4) is 0 Å². The van der Waals surface area contributed by atoms with Crippen LogP contribution in [0.15, 0.2) is 12.4 Å². The molecule has 0 aliphatic rings. The van der Waals surface area contributed by atoms with Gasteiger partial charge in [-0.15, -0.1) is 0 Å². The third-order valence-electron chi connectivity index (χ3n) is 2.87. The summed E-state index contributed by atoms with van der Waals surface area (Å²) in [7, 11) is 0. The second-order valence-corrected chi connectivity index (χ2v) is 4.40. The molecule has 0 amide bonds. The van der Waals surface area contributed by atoms with Gasteiger partial charge < -0.3 is 4.57 Å². The van der Waals surface area contributed by atoms with Crippen LogP contribution in [-0.4, -0.2) is 30.5 Å². The van der Waals surface area contributed by atoms with Crippen molar-refractivity contribution < 1.29 is 13.2 Å². The Balaban J connectivity index is 2.22. The number of aromatic nitrogens is 5. The molecule has 0 aliphatic carbocycles. The fraction of sp³-hybridized carbons (Fsp3) is 0.583. The summed E-state index contributed by atoms with van der Waals surface area (Å²) < 4.78 is 40.1. The van der Waals surface area contributed by atoms with Gasteiger partial charge in [0, 0.05) is 25.2 Å². The molecular weight excluding hydrogens is 271 g/mol. The van der Waals surface area contributed by atoms with E-state index in [4.69, 9.17) is 0 Å². The van der Waals surface area contributed by atoms with E-state index in [1.165, 1.54) is 12.4 Å². The van der Waals surface area contributed by atoms with Gasteiger partial charge in [0.15, 0.2) is 5.82 Å². The van der Waals surface area contributed by atoms with Crippen LogP contribution >= 0.6 is 0 Å². The van der Waals surface area contributed by atoms with E-state index in [1.807, 2.05) is 13.8 Å². The lowest BCUT2D eigenvalue weighted by Crippen LogP contribution is -2.20. The highest BCUT2D eigenvalue weighted by Gasteiger charge is 2.29. The zero-order valence-electron chi connectivity index (χ0n) is 11.4. The van der Waals surface area contributed by atoms with Crippen molar-refractivity contribution in [3.63, 3.8) is 0 Å². The van der Waals surface area contributed by atoms with Crippen LogP contribution in [0, 0.1) is 0 Å². The number of rotatable bonds is 5. The Bertz CT molecular complexity index is 570. The zero-order chi connectivity index (χ0) is 14.8. The zero-order valence-corrected chi connectivity index (χ0v) is 11.4. The van der Waals surface area contributed by atoms with Crippen LogP contribution in [0.25, 0.3) is 0 Å². The minimum atomic E-state index is -4.26. The molecule has 110 valence electrons. The molecule has 0 atom stereocenters. The van der Waals surface area contributed by atoms with Gasteiger partial charge in [0.1, 0.15) is 24.7 Å². The Morgan fingerprint density at radius 3 is 2.50 bits per heavy atom. The Morgan fingerprint density at radius 2 is 1.90 bits per heavy atom. The number of hydrogen-bond donors (Lipinski definition) is 0. The van der Waals surface area contributed by atoms with Gasteiger partial charge in [-0.2, -0.15) is 18.3 Å². The van der Waals surface area contributed by atoms with Crippen molar-refractivity contribution in [3.8, 4) is 0 Å². The number of hydrogen-bond acceptors (Lipinski definition) is 3. The fourth-order valence-electron chi connectivity index (χ4n) is 1.93. The molecule has 2 aromatic heterocycles.